The molecule has 5 aromatic rings. The van der Waals surface area contributed by atoms with Crippen molar-refractivity contribution in [3.05, 3.63) is 171 Å². The largest absolute Gasteiger partial charge is 0.0751 e. The van der Waals surface area contributed by atoms with Gasteiger partial charge in [-0.3, -0.25) is 0 Å². The Morgan fingerprint density at radius 1 is 0.477 bits per heavy atom. The zero-order valence-electron chi connectivity index (χ0n) is 27.3. The summed E-state index contributed by atoms with van der Waals surface area (Å²) >= 11 is 0. The predicted octanol–water partition coefficient (Wildman–Crippen LogP) is 11.5. The van der Waals surface area contributed by atoms with Crippen molar-refractivity contribution >= 4 is 6.08 Å². The SMILES string of the molecule is Cc1ccc2c(c1)C=CC2C(c1ccccc1)(c1ccccc1)C1c2cc(C(C)(C)C)ccc2-c2ccc(C(C)(C)C)cc21. The number of aryl methyl sites for hydroxylation is 1. The summed E-state index contributed by atoms with van der Waals surface area (Å²) < 4.78 is 0. The molecule has 0 saturated heterocycles. The van der Waals surface area contributed by atoms with E-state index in [1.54, 1.807) is 0 Å². The minimum atomic E-state index is -0.382. The van der Waals surface area contributed by atoms with Crippen molar-refractivity contribution in [1.82, 2.24) is 0 Å². The van der Waals surface area contributed by atoms with Crippen molar-refractivity contribution in [2.45, 2.75) is 76.5 Å². The van der Waals surface area contributed by atoms with Crippen molar-refractivity contribution in [2.75, 3.05) is 0 Å². The summed E-state index contributed by atoms with van der Waals surface area (Å²) in [6.07, 6.45) is 4.88. The lowest BCUT2D eigenvalue weighted by Gasteiger charge is -2.46. The number of rotatable bonds is 4. The Morgan fingerprint density at radius 3 is 1.45 bits per heavy atom. The molecular formula is C44H44. The average molecular weight is 573 g/mol. The van der Waals surface area contributed by atoms with Crippen LogP contribution in [0.1, 0.15) is 103 Å². The van der Waals surface area contributed by atoms with Crippen molar-refractivity contribution in [2.24, 2.45) is 0 Å². The predicted molar refractivity (Wildman–Crippen MR) is 188 cm³/mol. The molecule has 0 bridgehead atoms. The van der Waals surface area contributed by atoms with Gasteiger partial charge >= 0.3 is 0 Å². The maximum atomic E-state index is 2.55. The van der Waals surface area contributed by atoms with Crippen molar-refractivity contribution in [3.8, 4) is 11.1 Å². The fourth-order valence-electron chi connectivity index (χ4n) is 7.97. The molecule has 0 fully saturated rings. The Balaban J connectivity index is 1.64. The van der Waals surface area contributed by atoms with Crippen LogP contribution in [0.15, 0.2) is 121 Å². The highest BCUT2D eigenvalue weighted by atomic mass is 14.5. The van der Waals surface area contributed by atoms with E-state index >= 15 is 0 Å². The summed E-state index contributed by atoms with van der Waals surface area (Å²) in [7, 11) is 0. The second-order valence-corrected chi connectivity index (χ2v) is 15.1. The van der Waals surface area contributed by atoms with Gasteiger partial charge in [0, 0.05) is 17.3 Å². The van der Waals surface area contributed by atoms with Crippen LogP contribution in [-0.2, 0) is 16.2 Å². The molecule has 220 valence electrons. The Labute approximate surface area is 264 Å². The van der Waals surface area contributed by atoms with Gasteiger partial charge in [0.05, 0.1) is 0 Å². The van der Waals surface area contributed by atoms with Crippen LogP contribution in [0.5, 0.6) is 0 Å². The fourth-order valence-corrected chi connectivity index (χ4v) is 7.97. The monoisotopic (exact) mass is 572 g/mol. The molecule has 0 heterocycles. The van der Waals surface area contributed by atoms with E-state index in [-0.39, 0.29) is 28.1 Å². The molecule has 0 nitrogen and oxygen atoms in total. The van der Waals surface area contributed by atoms with Crippen LogP contribution in [0.4, 0.5) is 0 Å². The van der Waals surface area contributed by atoms with Crippen molar-refractivity contribution in [1.29, 1.82) is 0 Å². The van der Waals surface area contributed by atoms with Gasteiger partial charge < -0.3 is 0 Å². The van der Waals surface area contributed by atoms with Crippen LogP contribution in [0.25, 0.3) is 17.2 Å². The molecule has 7 rings (SSSR count). The summed E-state index contributed by atoms with van der Waals surface area (Å²) in [4.78, 5) is 0. The molecule has 2 aliphatic rings. The van der Waals surface area contributed by atoms with E-state index in [0.717, 1.165) is 0 Å². The third-order valence-corrected chi connectivity index (χ3v) is 10.2. The highest BCUT2D eigenvalue weighted by Gasteiger charge is 2.53. The van der Waals surface area contributed by atoms with Gasteiger partial charge in [0.2, 0.25) is 0 Å². The Hall–Kier alpha value is -4.16. The molecule has 0 N–H and O–H groups in total. The highest BCUT2D eigenvalue weighted by molar-refractivity contribution is 5.83. The van der Waals surface area contributed by atoms with Crippen LogP contribution in [0.3, 0.4) is 0 Å². The first-order chi connectivity index (χ1) is 21.0. The summed E-state index contributed by atoms with van der Waals surface area (Å²) in [5.74, 6) is 0.270. The maximum Gasteiger partial charge on any atom is 0.0415 e. The van der Waals surface area contributed by atoms with Crippen LogP contribution < -0.4 is 0 Å². The van der Waals surface area contributed by atoms with Gasteiger partial charge in [0.25, 0.3) is 0 Å². The second kappa shape index (κ2) is 10.2. The van der Waals surface area contributed by atoms with E-state index in [9.17, 15) is 0 Å². The average Bonchev–Trinajstić information content (AvgIpc) is 3.57. The third kappa shape index (κ3) is 4.42. The summed E-state index contributed by atoms with van der Waals surface area (Å²) in [6, 6.07) is 44.5. The van der Waals surface area contributed by atoms with Gasteiger partial charge in [-0.25, -0.2) is 0 Å². The zero-order chi connectivity index (χ0) is 30.9. The number of allylic oxidation sites excluding steroid dienone is 1. The first-order valence-electron chi connectivity index (χ1n) is 16.2. The van der Waals surface area contributed by atoms with Gasteiger partial charge in [-0.05, 0) is 73.4 Å². The molecule has 1 atom stereocenters. The molecule has 1 unspecified atom stereocenters. The molecular weight excluding hydrogens is 528 g/mol. The van der Waals surface area contributed by atoms with Crippen LogP contribution >= 0.6 is 0 Å². The lowest BCUT2D eigenvalue weighted by atomic mass is 9.55. The van der Waals surface area contributed by atoms with Gasteiger partial charge in [-0.1, -0.05) is 175 Å². The van der Waals surface area contributed by atoms with Gasteiger partial charge in [-0.2, -0.15) is 0 Å². The Morgan fingerprint density at radius 2 is 0.977 bits per heavy atom. The van der Waals surface area contributed by atoms with Crippen LogP contribution in [-0.4, -0.2) is 0 Å². The molecule has 0 saturated carbocycles. The topological polar surface area (TPSA) is 0 Å². The lowest BCUT2D eigenvalue weighted by Crippen LogP contribution is -2.40. The molecule has 0 radical (unpaired) electrons. The molecule has 0 aromatic heterocycles. The number of benzene rings is 5. The highest BCUT2D eigenvalue weighted by Crippen LogP contribution is 2.63. The Bertz CT molecular complexity index is 1770. The van der Waals surface area contributed by atoms with Gasteiger partial charge in [-0.15, -0.1) is 0 Å². The molecule has 2 aliphatic carbocycles. The first kappa shape index (κ1) is 28.6. The van der Waals surface area contributed by atoms with Gasteiger partial charge in [0.1, 0.15) is 0 Å². The number of hydrogen-bond acceptors (Lipinski definition) is 0. The van der Waals surface area contributed by atoms with Crippen LogP contribution in [0.2, 0.25) is 0 Å². The van der Waals surface area contributed by atoms with E-state index in [4.69, 9.17) is 0 Å². The molecule has 0 amide bonds. The molecule has 0 spiro atoms. The number of hydrogen-bond donors (Lipinski definition) is 0. The number of fused-ring (bicyclic) bond motifs is 4. The normalized spacial score (nSPS) is 16.1. The van der Waals surface area contributed by atoms with E-state index in [0.29, 0.717) is 0 Å². The molecule has 5 aromatic carbocycles. The van der Waals surface area contributed by atoms with Crippen LogP contribution in [0, 0.1) is 6.92 Å². The second-order valence-electron chi connectivity index (χ2n) is 15.1. The molecule has 0 heteroatoms. The van der Waals surface area contributed by atoms with E-state index in [1.807, 2.05) is 0 Å². The van der Waals surface area contributed by atoms with E-state index in [2.05, 4.69) is 176 Å². The smallest absolute Gasteiger partial charge is 0.0415 e. The molecule has 0 aliphatic heterocycles. The maximum absolute atomic E-state index is 2.55. The summed E-state index contributed by atoms with van der Waals surface area (Å²) in [5.41, 5.74) is 14.9. The summed E-state index contributed by atoms with van der Waals surface area (Å²) in [6.45, 7) is 16.2. The Kier molecular flexibility index (Phi) is 6.63. The van der Waals surface area contributed by atoms with E-state index < -0.39 is 0 Å². The standard InChI is InChI=1S/C44H44/c1-29-18-22-35-30(26-29)19-25-40(35)44(31-14-10-8-11-15-31,32-16-12-9-13-17-32)41-38-27-33(42(2,3)4)20-23-36(38)37-24-21-34(28-39(37)41)43(5,6)7/h8-28,40-41H,1-7H3. The van der Waals surface area contributed by atoms with E-state index in [1.165, 1.54) is 61.2 Å². The zero-order valence-corrected chi connectivity index (χ0v) is 27.3. The van der Waals surface area contributed by atoms with Crippen molar-refractivity contribution < 1.29 is 0 Å². The minimum Gasteiger partial charge on any atom is -0.0751 e. The fraction of sp³-hybridized carbons (Fsp3) is 0.273. The minimum absolute atomic E-state index is 0.0461. The first-order valence-corrected chi connectivity index (χ1v) is 16.2. The third-order valence-electron chi connectivity index (χ3n) is 10.2. The molecule has 44 heavy (non-hydrogen) atoms. The van der Waals surface area contributed by atoms with Gasteiger partial charge in [0.15, 0.2) is 0 Å². The summed E-state index contributed by atoms with van der Waals surface area (Å²) in [5, 5.41) is 0. The quantitative estimate of drug-likeness (QED) is 0.201. The van der Waals surface area contributed by atoms with Crippen molar-refractivity contribution in [3.63, 3.8) is 0 Å². The lowest BCUT2D eigenvalue weighted by molar-refractivity contribution is 0.415.